The van der Waals surface area contributed by atoms with Crippen molar-refractivity contribution in [2.24, 2.45) is 5.73 Å². The molecule has 2 heterocycles. The minimum atomic E-state index is -2.98. The van der Waals surface area contributed by atoms with Crippen molar-refractivity contribution in [3.05, 3.63) is 42.1 Å². The third-order valence-electron chi connectivity index (χ3n) is 3.80. The third-order valence-corrected chi connectivity index (χ3v) is 4.92. The summed E-state index contributed by atoms with van der Waals surface area (Å²) in [5, 5.41) is 0.612. The van der Waals surface area contributed by atoms with Crippen molar-refractivity contribution in [3.63, 3.8) is 0 Å². The van der Waals surface area contributed by atoms with E-state index in [-0.39, 0.29) is 5.88 Å². The van der Waals surface area contributed by atoms with Crippen LogP contribution in [0.2, 0.25) is 0 Å². The van der Waals surface area contributed by atoms with E-state index in [4.69, 9.17) is 10.5 Å². The maximum Gasteiger partial charge on any atom is 0.410 e. The smallest absolute Gasteiger partial charge is 0.410 e. The highest BCUT2D eigenvalue weighted by atomic mass is 32.1. The number of aryl methyl sites for hydroxylation is 1. The topological polar surface area (TPSA) is 100 Å². The summed E-state index contributed by atoms with van der Waals surface area (Å²) in [7, 11) is 0. The van der Waals surface area contributed by atoms with Crippen molar-refractivity contribution < 1.29 is 23.0 Å². The van der Waals surface area contributed by atoms with E-state index in [0.29, 0.717) is 37.6 Å². The number of amides is 1. The highest BCUT2D eigenvalue weighted by molar-refractivity contribution is 7.22. The van der Waals surface area contributed by atoms with Crippen LogP contribution in [0.5, 0.6) is 11.6 Å². The number of aromatic nitrogens is 3. The molecule has 10 heteroatoms. The second-order valence-corrected chi connectivity index (χ2v) is 6.81. The lowest BCUT2D eigenvalue weighted by Gasteiger charge is -2.07. The lowest BCUT2D eigenvalue weighted by atomic mass is 10.1. The first-order chi connectivity index (χ1) is 13.4. The molecule has 0 unspecified atom stereocenters. The van der Waals surface area contributed by atoms with E-state index < -0.39 is 12.7 Å². The van der Waals surface area contributed by atoms with Crippen molar-refractivity contribution in [3.8, 4) is 22.2 Å². The van der Waals surface area contributed by atoms with Gasteiger partial charge in [0, 0.05) is 5.56 Å². The zero-order chi connectivity index (χ0) is 19.8. The van der Waals surface area contributed by atoms with Gasteiger partial charge in [-0.3, -0.25) is 0 Å². The molecule has 2 aromatic carbocycles. The Morgan fingerprint density at radius 2 is 2.04 bits per heavy atom. The summed E-state index contributed by atoms with van der Waals surface area (Å²) in [6, 6.07) is 8.70. The van der Waals surface area contributed by atoms with Crippen LogP contribution in [-0.4, -0.2) is 27.7 Å². The molecule has 2 N–H and O–H groups in total. The summed E-state index contributed by atoms with van der Waals surface area (Å²) in [6.07, 6.45) is 0.225. The number of carbonyl (C=O) groups excluding carboxylic acids is 1. The number of alkyl halides is 2. The zero-order valence-corrected chi connectivity index (χ0v) is 15.2. The van der Waals surface area contributed by atoms with E-state index >= 15 is 0 Å². The van der Waals surface area contributed by atoms with Crippen molar-refractivity contribution >= 4 is 38.7 Å². The molecule has 142 valence electrons. The minimum Gasteiger partial charge on any atom is -0.415 e. The molecule has 0 aliphatic heterocycles. The fourth-order valence-corrected chi connectivity index (χ4v) is 3.82. The van der Waals surface area contributed by atoms with Crippen molar-refractivity contribution in [1.29, 1.82) is 0 Å². The molecule has 0 saturated carbocycles. The van der Waals surface area contributed by atoms with Crippen LogP contribution in [0.15, 0.2) is 36.5 Å². The lowest BCUT2D eigenvalue weighted by Crippen LogP contribution is -2.16. The summed E-state index contributed by atoms with van der Waals surface area (Å²) in [6.45, 7) is -1.14. The first-order valence-corrected chi connectivity index (χ1v) is 8.82. The average Bonchev–Trinajstić information content (AvgIpc) is 3.05. The Bertz CT molecular complexity index is 1210. The normalized spacial score (nSPS) is 11.3. The zero-order valence-electron chi connectivity index (χ0n) is 14.3. The number of benzene rings is 2. The van der Waals surface area contributed by atoms with E-state index in [2.05, 4.69) is 19.7 Å². The number of thiazole rings is 1. The summed E-state index contributed by atoms with van der Waals surface area (Å²) in [5.74, 6) is 0.0462. The fraction of sp³-hybridized carbons (Fsp3) is 0.111. The molecule has 4 rings (SSSR count). The Balaban J connectivity index is 1.87. The molecular formula is C18H12F2N4O3S. The monoisotopic (exact) mass is 402 g/mol. The van der Waals surface area contributed by atoms with E-state index in [9.17, 15) is 13.6 Å². The van der Waals surface area contributed by atoms with Crippen LogP contribution in [0.25, 0.3) is 31.8 Å². The molecule has 2 aromatic heterocycles. The number of halogens is 2. The number of fused-ring (bicyclic) bond motifs is 2. The molecule has 0 spiro atoms. The van der Waals surface area contributed by atoms with Gasteiger partial charge in [0.15, 0.2) is 5.75 Å². The highest BCUT2D eigenvalue weighted by Crippen LogP contribution is 2.38. The second-order valence-electron chi connectivity index (χ2n) is 5.81. The third kappa shape index (κ3) is 3.41. The maximum atomic E-state index is 12.4. The maximum absolute atomic E-state index is 12.4. The molecule has 0 aliphatic rings. The van der Waals surface area contributed by atoms with Crippen molar-refractivity contribution in [2.75, 3.05) is 0 Å². The Kier molecular flexibility index (Phi) is 4.47. The van der Waals surface area contributed by atoms with Gasteiger partial charge in [0.25, 0.3) is 0 Å². The van der Waals surface area contributed by atoms with Gasteiger partial charge < -0.3 is 15.2 Å². The van der Waals surface area contributed by atoms with Gasteiger partial charge in [0.2, 0.25) is 5.88 Å². The molecule has 0 fully saturated rings. The Labute approximate surface area is 160 Å². The van der Waals surface area contributed by atoms with Crippen LogP contribution >= 0.6 is 11.3 Å². The number of hydrogen-bond donors (Lipinski definition) is 1. The summed E-state index contributed by atoms with van der Waals surface area (Å²) >= 11 is 1.29. The van der Waals surface area contributed by atoms with E-state index in [1.807, 2.05) is 13.0 Å². The first kappa shape index (κ1) is 18.0. The van der Waals surface area contributed by atoms with Crippen LogP contribution in [0.3, 0.4) is 0 Å². The van der Waals surface area contributed by atoms with Gasteiger partial charge in [-0.1, -0.05) is 6.07 Å². The van der Waals surface area contributed by atoms with Crippen LogP contribution in [0, 0.1) is 6.92 Å². The van der Waals surface area contributed by atoms with Gasteiger partial charge >= 0.3 is 12.7 Å². The summed E-state index contributed by atoms with van der Waals surface area (Å²) in [5.41, 5.74) is 8.16. The molecule has 4 aromatic rings. The molecule has 0 saturated heterocycles. The van der Waals surface area contributed by atoms with Crippen LogP contribution in [-0.2, 0) is 0 Å². The van der Waals surface area contributed by atoms with Crippen LogP contribution < -0.4 is 15.2 Å². The number of nitrogens with zero attached hydrogens (tertiary/aromatic N) is 3. The summed E-state index contributed by atoms with van der Waals surface area (Å²) < 4.78 is 34.9. The van der Waals surface area contributed by atoms with Gasteiger partial charge in [-0.2, -0.15) is 8.78 Å². The predicted molar refractivity (Wildman–Crippen MR) is 99.7 cm³/mol. The molecule has 0 bridgehead atoms. The van der Waals surface area contributed by atoms with Gasteiger partial charge in [0.1, 0.15) is 5.01 Å². The predicted octanol–water partition coefficient (Wildman–Crippen LogP) is 4.27. The first-order valence-electron chi connectivity index (χ1n) is 8.00. The SMILES string of the molecule is Cc1cc(-c2nc3cccc(OC(N)=O)c3s2)c2ncc(OC(F)F)nc2c1. The number of rotatable bonds is 4. The minimum absolute atomic E-state index is 0.263. The number of carbonyl (C=O) groups is 1. The van der Waals surface area contributed by atoms with Crippen LogP contribution in [0.1, 0.15) is 5.56 Å². The Morgan fingerprint density at radius 3 is 2.79 bits per heavy atom. The lowest BCUT2D eigenvalue weighted by molar-refractivity contribution is -0.0528. The molecule has 0 radical (unpaired) electrons. The van der Waals surface area contributed by atoms with Crippen molar-refractivity contribution in [2.45, 2.75) is 13.5 Å². The number of ether oxygens (including phenoxy) is 2. The number of hydrogen-bond acceptors (Lipinski definition) is 7. The molecule has 0 aliphatic carbocycles. The van der Waals surface area contributed by atoms with Crippen LogP contribution in [0.4, 0.5) is 13.6 Å². The highest BCUT2D eigenvalue weighted by Gasteiger charge is 2.16. The fourth-order valence-electron chi connectivity index (χ4n) is 2.79. The quantitative estimate of drug-likeness (QED) is 0.547. The molecule has 0 atom stereocenters. The van der Waals surface area contributed by atoms with E-state index in [0.717, 1.165) is 11.8 Å². The van der Waals surface area contributed by atoms with Gasteiger partial charge in [0.05, 0.1) is 27.4 Å². The number of primary amides is 1. The molecule has 7 nitrogen and oxygen atoms in total. The second kappa shape index (κ2) is 6.97. The average molecular weight is 402 g/mol. The largest absolute Gasteiger partial charge is 0.415 e. The number of nitrogens with two attached hydrogens (primary N) is 1. The summed E-state index contributed by atoms with van der Waals surface area (Å²) in [4.78, 5) is 24.0. The van der Waals surface area contributed by atoms with Gasteiger partial charge in [-0.25, -0.2) is 19.7 Å². The van der Waals surface area contributed by atoms with Gasteiger partial charge in [-0.15, -0.1) is 11.3 Å². The van der Waals surface area contributed by atoms with Gasteiger partial charge in [-0.05, 0) is 36.8 Å². The Hall–Kier alpha value is -3.40. The standard InChI is InChI=1S/C18H12F2N4O3S/c1-8-5-9(14-11(6-8)23-13(7-22-14)27-17(19)20)16-24-10-3-2-4-12(15(10)28-16)26-18(21)25/h2-7,17H,1H3,(H2,21,25). The molecule has 1 amide bonds. The molecular weight excluding hydrogens is 390 g/mol. The van der Waals surface area contributed by atoms with Crippen molar-refractivity contribution in [1.82, 2.24) is 15.0 Å². The molecule has 28 heavy (non-hydrogen) atoms. The van der Waals surface area contributed by atoms with E-state index in [1.165, 1.54) is 11.3 Å². The Morgan fingerprint density at radius 1 is 1.21 bits per heavy atom. The van der Waals surface area contributed by atoms with E-state index in [1.54, 1.807) is 24.3 Å².